The highest BCUT2D eigenvalue weighted by Crippen LogP contribution is 2.10. The van der Waals surface area contributed by atoms with Crippen LogP contribution in [0.2, 0.25) is 0 Å². The smallest absolute Gasteiger partial charge is 0.150 e. The monoisotopic (exact) mass is 219 g/mol. The van der Waals surface area contributed by atoms with Gasteiger partial charge in [0, 0.05) is 12.8 Å². The number of aryl methyl sites for hydroxylation is 1. The van der Waals surface area contributed by atoms with Crippen LogP contribution in [-0.2, 0) is 12.8 Å². The van der Waals surface area contributed by atoms with E-state index in [2.05, 4.69) is 22.1 Å². The lowest BCUT2D eigenvalue weighted by Gasteiger charge is -1.98. The molecule has 2 rings (SSSR count). The Labute approximate surface area is 93.7 Å². The average Bonchev–Trinajstić information content (AvgIpc) is 2.70. The van der Waals surface area contributed by atoms with Gasteiger partial charge in [-0.3, -0.25) is 5.10 Å². The summed E-state index contributed by atoms with van der Waals surface area (Å²) >= 11 is 0. The number of aromatic amines is 1. The van der Waals surface area contributed by atoms with Gasteiger partial charge in [0.15, 0.2) is 5.82 Å². The summed E-state index contributed by atoms with van der Waals surface area (Å²) in [6.07, 6.45) is 2.33. The van der Waals surface area contributed by atoms with E-state index in [-0.39, 0.29) is 5.82 Å². The van der Waals surface area contributed by atoms with Gasteiger partial charge >= 0.3 is 0 Å². The number of aromatic nitrogens is 3. The fourth-order valence-corrected chi connectivity index (χ4v) is 1.57. The molecule has 0 spiro atoms. The van der Waals surface area contributed by atoms with Gasteiger partial charge in [-0.15, -0.1) is 0 Å². The van der Waals surface area contributed by atoms with Crippen molar-refractivity contribution >= 4 is 0 Å². The molecule has 4 heteroatoms. The van der Waals surface area contributed by atoms with E-state index in [1.807, 2.05) is 6.07 Å². The minimum Gasteiger partial charge on any atom is -0.263 e. The van der Waals surface area contributed by atoms with Gasteiger partial charge in [0.2, 0.25) is 0 Å². The maximum Gasteiger partial charge on any atom is 0.150 e. The van der Waals surface area contributed by atoms with E-state index >= 15 is 0 Å². The molecule has 2 aromatic rings. The van der Waals surface area contributed by atoms with Crippen LogP contribution < -0.4 is 0 Å². The standard InChI is InChI=1S/C12H14FN3/c1-2-5-11-14-12(16-15-11)8-9-6-3-4-7-10(9)13/h3-4,6-7H,2,5,8H2,1H3,(H,14,15,16). The summed E-state index contributed by atoms with van der Waals surface area (Å²) in [5, 5.41) is 6.91. The Morgan fingerprint density at radius 2 is 2.12 bits per heavy atom. The molecule has 0 aliphatic rings. The van der Waals surface area contributed by atoms with Gasteiger partial charge in [-0.1, -0.05) is 25.1 Å². The number of rotatable bonds is 4. The zero-order valence-electron chi connectivity index (χ0n) is 9.20. The third-order valence-corrected chi connectivity index (χ3v) is 2.37. The molecule has 1 aromatic heterocycles. The summed E-state index contributed by atoms with van der Waals surface area (Å²) in [6.45, 7) is 2.08. The highest BCUT2D eigenvalue weighted by atomic mass is 19.1. The molecule has 0 unspecified atom stereocenters. The maximum absolute atomic E-state index is 13.4. The lowest BCUT2D eigenvalue weighted by atomic mass is 10.1. The Morgan fingerprint density at radius 1 is 1.31 bits per heavy atom. The Balaban J connectivity index is 2.11. The molecule has 3 nitrogen and oxygen atoms in total. The topological polar surface area (TPSA) is 41.6 Å². The third-order valence-electron chi connectivity index (χ3n) is 2.37. The van der Waals surface area contributed by atoms with Crippen LogP contribution in [0, 0.1) is 5.82 Å². The zero-order valence-corrected chi connectivity index (χ0v) is 9.20. The molecule has 84 valence electrons. The lowest BCUT2D eigenvalue weighted by Crippen LogP contribution is -1.94. The Hall–Kier alpha value is -1.71. The summed E-state index contributed by atoms with van der Waals surface area (Å²) in [6, 6.07) is 6.72. The summed E-state index contributed by atoms with van der Waals surface area (Å²) in [4.78, 5) is 4.30. The van der Waals surface area contributed by atoms with Gasteiger partial charge in [-0.25, -0.2) is 9.37 Å². The fraction of sp³-hybridized carbons (Fsp3) is 0.333. The van der Waals surface area contributed by atoms with Gasteiger partial charge < -0.3 is 0 Å². The van der Waals surface area contributed by atoms with Crippen LogP contribution in [0.5, 0.6) is 0 Å². The van der Waals surface area contributed by atoms with Crippen LogP contribution in [-0.4, -0.2) is 15.2 Å². The number of hydrogen-bond donors (Lipinski definition) is 1. The van der Waals surface area contributed by atoms with Crippen LogP contribution in [0.25, 0.3) is 0 Å². The Morgan fingerprint density at radius 3 is 2.88 bits per heavy atom. The molecule has 16 heavy (non-hydrogen) atoms. The predicted molar refractivity (Wildman–Crippen MR) is 59.6 cm³/mol. The SMILES string of the molecule is CCCc1n[nH]c(Cc2ccccc2F)n1. The minimum absolute atomic E-state index is 0.198. The molecule has 1 aromatic carbocycles. The molecular formula is C12H14FN3. The highest BCUT2D eigenvalue weighted by Gasteiger charge is 2.06. The number of nitrogens with zero attached hydrogens (tertiary/aromatic N) is 2. The van der Waals surface area contributed by atoms with E-state index in [0.717, 1.165) is 18.7 Å². The van der Waals surface area contributed by atoms with E-state index in [9.17, 15) is 4.39 Å². The Bertz CT molecular complexity index is 465. The van der Waals surface area contributed by atoms with Crippen molar-refractivity contribution < 1.29 is 4.39 Å². The molecule has 0 aliphatic heterocycles. The quantitative estimate of drug-likeness (QED) is 0.858. The second-order valence-corrected chi connectivity index (χ2v) is 3.72. The van der Waals surface area contributed by atoms with Crippen molar-refractivity contribution in [1.82, 2.24) is 15.2 Å². The molecule has 0 amide bonds. The van der Waals surface area contributed by atoms with Gasteiger partial charge in [0.1, 0.15) is 11.6 Å². The lowest BCUT2D eigenvalue weighted by molar-refractivity contribution is 0.612. The number of hydrogen-bond acceptors (Lipinski definition) is 2. The second kappa shape index (κ2) is 4.88. The first kappa shape index (κ1) is 10.8. The fourth-order valence-electron chi connectivity index (χ4n) is 1.57. The normalized spacial score (nSPS) is 10.6. The van der Waals surface area contributed by atoms with Gasteiger partial charge in [0.05, 0.1) is 0 Å². The molecule has 1 N–H and O–H groups in total. The first-order valence-corrected chi connectivity index (χ1v) is 5.43. The molecule has 0 fully saturated rings. The van der Waals surface area contributed by atoms with Crippen molar-refractivity contribution in [2.24, 2.45) is 0 Å². The third kappa shape index (κ3) is 2.45. The molecular weight excluding hydrogens is 205 g/mol. The zero-order chi connectivity index (χ0) is 11.4. The molecule has 0 radical (unpaired) electrons. The molecule has 0 atom stereocenters. The van der Waals surface area contributed by atoms with Crippen molar-refractivity contribution in [3.05, 3.63) is 47.3 Å². The number of H-pyrrole nitrogens is 1. The maximum atomic E-state index is 13.4. The molecule has 0 bridgehead atoms. The number of benzene rings is 1. The first-order valence-electron chi connectivity index (χ1n) is 5.43. The second-order valence-electron chi connectivity index (χ2n) is 3.72. The van der Waals surface area contributed by atoms with E-state index in [0.29, 0.717) is 17.8 Å². The molecule has 1 heterocycles. The summed E-state index contributed by atoms with van der Waals surface area (Å²) in [5.74, 6) is 1.32. The van der Waals surface area contributed by atoms with E-state index < -0.39 is 0 Å². The summed E-state index contributed by atoms with van der Waals surface area (Å²) in [5.41, 5.74) is 0.640. The van der Waals surface area contributed by atoms with Crippen LogP contribution in [0.15, 0.2) is 24.3 Å². The highest BCUT2D eigenvalue weighted by molar-refractivity contribution is 5.20. The van der Waals surface area contributed by atoms with Crippen molar-refractivity contribution in [2.45, 2.75) is 26.2 Å². The van der Waals surface area contributed by atoms with Crippen molar-refractivity contribution in [1.29, 1.82) is 0 Å². The number of halogens is 1. The van der Waals surface area contributed by atoms with Gasteiger partial charge in [-0.2, -0.15) is 5.10 Å². The van der Waals surface area contributed by atoms with Crippen LogP contribution in [0.4, 0.5) is 4.39 Å². The van der Waals surface area contributed by atoms with E-state index in [1.165, 1.54) is 6.07 Å². The minimum atomic E-state index is -0.198. The van der Waals surface area contributed by atoms with Gasteiger partial charge in [0.25, 0.3) is 0 Å². The van der Waals surface area contributed by atoms with E-state index in [4.69, 9.17) is 0 Å². The Kier molecular flexibility index (Phi) is 3.29. The van der Waals surface area contributed by atoms with Crippen LogP contribution >= 0.6 is 0 Å². The van der Waals surface area contributed by atoms with Crippen molar-refractivity contribution in [3.63, 3.8) is 0 Å². The molecule has 0 saturated carbocycles. The van der Waals surface area contributed by atoms with E-state index in [1.54, 1.807) is 12.1 Å². The van der Waals surface area contributed by atoms with Crippen LogP contribution in [0.1, 0.15) is 30.6 Å². The molecule has 0 saturated heterocycles. The first-order chi connectivity index (χ1) is 7.79. The van der Waals surface area contributed by atoms with Crippen molar-refractivity contribution in [2.75, 3.05) is 0 Å². The predicted octanol–water partition coefficient (Wildman–Crippen LogP) is 2.49. The van der Waals surface area contributed by atoms with Gasteiger partial charge in [-0.05, 0) is 18.1 Å². The largest absolute Gasteiger partial charge is 0.263 e. The summed E-state index contributed by atoms with van der Waals surface area (Å²) in [7, 11) is 0. The summed E-state index contributed by atoms with van der Waals surface area (Å²) < 4.78 is 13.4. The number of nitrogens with one attached hydrogen (secondary N) is 1. The average molecular weight is 219 g/mol. The van der Waals surface area contributed by atoms with Crippen molar-refractivity contribution in [3.8, 4) is 0 Å². The van der Waals surface area contributed by atoms with Crippen LogP contribution in [0.3, 0.4) is 0 Å². The molecule has 0 aliphatic carbocycles.